The number of fused-ring (bicyclic) bond motifs is 1. The number of anilines is 1. The van der Waals surface area contributed by atoms with Crippen LogP contribution in [0.1, 0.15) is 5.56 Å². The predicted molar refractivity (Wildman–Crippen MR) is 92.6 cm³/mol. The summed E-state index contributed by atoms with van der Waals surface area (Å²) in [4.78, 5) is 39.7. The maximum atomic E-state index is 12.9. The number of carbonyl (C=O) groups is 3. The molecule has 130 valence electrons. The van der Waals surface area contributed by atoms with Crippen LogP contribution in [0.15, 0.2) is 54.1 Å². The molecule has 4 rings (SSSR count). The Morgan fingerprint density at radius 3 is 2.42 bits per heavy atom. The summed E-state index contributed by atoms with van der Waals surface area (Å²) < 4.78 is 10.6. The Balaban J connectivity index is 1.76. The van der Waals surface area contributed by atoms with Crippen LogP contribution in [0.25, 0.3) is 6.08 Å². The van der Waals surface area contributed by atoms with Crippen molar-refractivity contribution in [2.45, 2.75) is 0 Å². The van der Waals surface area contributed by atoms with Gasteiger partial charge >= 0.3 is 6.03 Å². The highest BCUT2D eigenvalue weighted by Crippen LogP contribution is 2.33. The molecule has 1 saturated heterocycles. The average molecular weight is 350 g/mol. The zero-order valence-electron chi connectivity index (χ0n) is 13.8. The molecule has 2 aromatic rings. The summed E-state index contributed by atoms with van der Waals surface area (Å²) in [7, 11) is 1.35. The summed E-state index contributed by atoms with van der Waals surface area (Å²) in [5.41, 5.74) is 0.898. The fourth-order valence-corrected chi connectivity index (χ4v) is 2.81. The number of imide groups is 2. The van der Waals surface area contributed by atoms with Gasteiger partial charge in [-0.25, -0.2) is 9.69 Å². The number of rotatable bonds is 2. The molecule has 0 aliphatic carbocycles. The number of urea groups is 1. The van der Waals surface area contributed by atoms with E-state index in [0.29, 0.717) is 22.7 Å². The van der Waals surface area contributed by atoms with Crippen molar-refractivity contribution in [3.8, 4) is 11.5 Å². The highest BCUT2D eigenvalue weighted by Gasteiger charge is 2.40. The molecule has 7 nitrogen and oxygen atoms in total. The second-order valence-electron chi connectivity index (χ2n) is 5.79. The van der Waals surface area contributed by atoms with Crippen LogP contribution in [0, 0.1) is 0 Å². The smallest absolute Gasteiger partial charge is 0.338 e. The van der Waals surface area contributed by atoms with E-state index in [1.54, 1.807) is 48.5 Å². The number of para-hydroxylation sites is 1. The lowest BCUT2D eigenvalue weighted by molar-refractivity contribution is -0.128. The van der Waals surface area contributed by atoms with Gasteiger partial charge in [0.2, 0.25) is 6.79 Å². The van der Waals surface area contributed by atoms with E-state index >= 15 is 0 Å². The lowest BCUT2D eigenvalue weighted by Gasteiger charge is -2.31. The van der Waals surface area contributed by atoms with E-state index < -0.39 is 17.8 Å². The van der Waals surface area contributed by atoms with Crippen LogP contribution < -0.4 is 14.4 Å². The topological polar surface area (TPSA) is 76.2 Å². The van der Waals surface area contributed by atoms with Crippen molar-refractivity contribution in [3.63, 3.8) is 0 Å². The molecule has 0 unspecified atom stereocenters. The summed E-state index contributed by atoms with van der Waals surface area (Å²) in [5, 5.41) is 0. The number of likely N-dealkylation sites (N-methyl/N-ethyl adjacent to an activating group) is 1. The van der Waals surface area contributed by atoms with Crippen molar-refractivity contribution in [3.05, 3.63) is 59.7 Å². The lowest BCUT2D eigenvalue weighted by atomic mass is 10.1. The van der Waals surface area contributed by atoms with E-state index in [9.17, 15) is 14.4 Å². The zero-order valence-corrected chi connectivity index (χ0v) is 13.8. The highest BCUT2D eigenvalue weighted by molar-refractivity contribution is 6.39. The van der Waals surface area contributed by atoms with Gasteiger partial charge in [0.25, 0.3) is 11.8 Å². The Hall–Kier alpha value is -3.61. The Kier molecular flexibility index (Phi) is 3.69. The molecule has 2 heterocycles. The van der Waals surface area contributed by atoms with Gasteiger partial charge in [0, 0.05) is 7.05 Å². The molecule has 2 aliphatic heterocycles. The number of amides is 4. The molecule has 0 atom stereocenters. The summed E-state index contributed by atoms with van der Waals surface area (Å²) >= 11 is 0. The minimum absolute atomic E-state index is 0.102. The lowest BCUT2D eigenvalue weighted by Crippen LogP contribution is -2.55. The fraction of sp³-hybridized carbons (Fsp3) is 0.105. The third-order valence-corrected chi connectivity index (χ3v) is 4.17. The average Bonchev–Trinajstić information content (AvgIpc) is 3.12. The highest BCUT2D eigenvalue weighted by atomic mass is 16.7. The number of nitrogens with zero attached hydrogens (tertiary/aromatic N) is 2. The molecular weight excluding hydrogens is 336 g/mol. The van der Waals surface area contributed by atoms with Crippen molar-refractivity contribution in [1.82, 2.24) is 4.90 Å². The van der Waals surface area contributed by atoms with E-state index in [2.05, 4.69) is 0 Å². The Morgan fingerprint density at radius 1 is 0.923 bits per heavy atom. The molecule has 0 aromatic heterocycles. The van der Waals surface area contributed by atoms with Crippen LogP contribution in [0.4, 0.5) is 10.5 Å². The van der Waals surface area contributed by atoms with E-state index in [1.165, 1.54) is 13.1 Å². The standard InChI is InChI=1S/C19H14N2O5/c1-20-17(22)14(9-12-7-8-15-16(10-12)26-11-25-15)18(23)21(19(20)24)13-5-3-2-4-6-13/h2-10H,11H2,1H3/b14-9+. The van der Waals surface area contributed by atoms with Crippen molar-refractivity contribution in [2.24, 2.45) is 0 Å². The molecular formula is C19H14N2O5. The maximum absolute atomic E-state index is 12.9. The molecule has 0 bridgehead atoms. The Labute approximate surface area is 149 Å². The monoisotopic (exact) mass is 350 g/mol. The molecule has 0 N–H and O–H groups in total. The van der Waals surface area contributed by atoms with Gasteiger partial charge in [-0.1, -0.05) is 24.3 Å². The number of hydrogen-bond donors (Lipinski definition) is 0. The molecule has 7 heteroatoms. The minimum Gasteiger partial charge on any atom is -0.454 e. The van der Waals surface area contributed by atoms with Gasteiger partial charge in [-0.15, -0.1) is 0 Å². The van der Waals surface area contributed by atoms with E-state index in [4.69, 9.17) is 9.47 Å². The number of barbiturate groups is 1. The predicted octanol–water partition coefficient (Wildman–Crippen LogP) is 2.42. The second-order valence-corrected chi connectivity index (χ2v) is 5.79. The van der Waals surface area contributed by atoms with Crippen LogP contribution in [0.3, 0.4) is 0 Å². The van der Waals surface area contributed by atoms with Crippen LogP contribution in [0.2, 0.25) is 0 Å². The van der Waals surface area contributed by atoms with E-state index in [1.807, 2.05) is 0 Å². The van der Waals surface area contributed by atoms with Gasteiger partial charge in [-0.2, -0.15) is 0 Å². The molecule has 4 amide bonds. The third kappa shape index (κ3) is 2.50. The minimum atomic E-state index is -0.686. The van der Waals surface area contributed by atoms with Gasteiger partial charge in [0.1, 0.15) is 5.57 Å². The third-order valence-electron chi connectivity index (χ3n) is 4.17. The fourth-order valence-electron chi connectivity index (χ4n) is 2.81. The van der Waals surface area contributed by atoms with Crippen LogP contribution in [-0.4, -0.2) is 36.6 Å². The first-order chi connectivity index (χ1) is 12.6. The van der Waals surface area contributed by atoms with Crippen LogP contribution in [-0.2, 0) is 9.59 Å². The van der Waals surface area contributed by atoms with Crippen LogP contribution in [0.5, 0.6) is 11.5 Å². The number of hydrogen-bond acceptors (Lipinski definition) is 5. The SMILES string of the molecule is CN1C(=O)/C(=C\c2ccc3c(c2)OCO3)C(=O)N(c2ccccc2)C1=O. The molecule has 0 spiro atoms. The van der Waals surface area contributed by atoms with Gasteiger partial charge in [-0.3, -0.25) is 14.5 Å². The summed E-state index contributed by atoms with van der Waals surface area (Å²) in [6, 6.07) is 12.9. The van der Waals surface area contributed by atoms with Crippen molar-refractivity contribution in [1.29, 1.82) is 0 Å². The van der Waals surface area contributed by atoms with Gasteiger partial charge in [0.15, 0.2) is 11.5 Å². The maximum Gasteiger partial charge on any atom is 0.338 e. The number of benzene rings is 2. The van der Waals surface area contributed by atoms with E-state index in [0.717, 1.165) is 9.80 Å². The second kappa shape index (κ2) is 6.03. The summed E-state index contributed by atoms with van der Waals surface area (Å²) in [5.74, 6) is -0.169. The summed E-state index contributed by atoms with van der Waals surface area (Å²) in [6.07, 6.45) is 1.45. The Bertz CT molecular complexity index is 952. The normalized spacial score (nSPS) is 18.0. The van der Waals surface area contributed by atoms with E-state index in [-0.39, 0.29) is 12.4 Å². The molecule has 2 aliphatic rings. The van der Waals surface area contributed by atoms with Crippen LogP contribution >= 0.6 is 0 Å². The van der Waals surface area contributed by atoms with Gasteiger partial charge < -0.3 is 9.47 Å². The summed E-state index contributed by atoms with van der Waals surface area (Å²) in [6.45, 7) is 0.131. The van der Waals surface area contributed by atoms with Gasteiger partial charge in [0.05, 0.1) is 5.69 Å². The first-order valence-corrected chi connectivity index (χ1v) is 7.89. The molecule has 1 fully saturated rings. The number of carbonyl (C=O) groups excluding carboxylic acids is 3. The number of ether oxygens (including phenoxy) is 2. The first kappa shape index (κ1) is 15.9. The zero-order chi connectivity index (χ0) is 18.3. The molecule has 26 heavy (non-hydrogen) atoms. The first-order valence-electron chi connectivity index (χ1n) is 7.89. The molecule has 0 saturated carbocycles. The molecule has 2 aromatic carbocycles. The largest absolute Gasteiger partial charge is 0.454 e. The Morgan fingerprint density at radius 2 is 1.65 bits per heavy atom. The van der Waals surface area contributed by atoms with Gasteiger partial charge in [-0.05, 0) is 35.9 Å². The quantitative estimate of drug-likeness (QED) is 0.614. The van der Waals surface area contributed by atoms with Crippen molar-refractivity contribution < 1.29 is 23.9 Å². The van der Waals surface area contributed by atoms with Crippen molar-refractivity contribution in [2.75, 3.05) is 18.7 Å². The molecule has 0 radical (unpaired) electrons. The van der Waals surface area contributed by atoms with Crippen molar-refractivity contribution >= 4 is 29.6 Å².